The third-order valence-electron chi connectivity index (χ3n) is 2.79. The number of aryl methyl sites for hydroxylation is 1. The first-order valence-corrected chi connectivity index (χ1v) is 7.88. The van der Waals surface area contributed by atoms with Crippen LogP contribution in [-0.4, -0.2) is 35.6 Å². The van der Waals surface area contributed by atoms with Crippen LogP contribution in [0.4, 0.5) is 0 Å². The van der Waals surface area contributed by atoms with E-state index in [9.17, 15) is 13.2 Å². The van der Waals surface area contributed by atoms with E-state index >= 15 is 0 Å². The van der Waals surface area contributed by atoms with Crippen molar-refractivity contribution in [2.24, 2.45) is 18.9 Å². The van der Waals surface area contributed by atoms with Crippen molar-refractivity contribution in [2.75, 3.05) is 6.54 Å². The molecule has 0 spiro atoms. The van der Waals surface area contributed by atoms with E-state index in [1.807, 2.05) is 13.8 Å². The van der Waals surface area contributed by atoms with Gasteiger partial charge in [0.25, 0.3) is 10.0 Å². The highest BCUT2D eigenvalue weighted by atomic mass is 32.2. The SMILES string of the molecule is CC(C)CC(CNS(=O)(=O)c1cn(C)cn1)CC(=O)O. The van der Waals surface area contributed by atoms with E-state index in [0.717, 1.165) is 0 Å². The number of hydrogen-bond donors (Lipinski definition) is 2. The summed E-state index contributed by atoms with van der Waals surface area (Å²) in [6.07, 6.45) is 3.40. The molecule has 0 radical (unpaired) electrons. The third kappa shape index (κ3) is 5.30. The first kappa shape index (κ1) is 16.6. The average molecular weight is 303 g/mol. The van der Waals surface area contributed by atoms with Crippen LogP contribution in [0, 0.1) is 11.8 Å². The fraction of sp³-hybridized carbons (Fsp3) is 0.667. The maximum absolute atomic E-state index is 12.0. The van der Waals surface area contributed by atoms with Crippen molar-refractivity contribution in [3.8, 4) is 0 Å². The van der Waals surface area contributed by atoms with Crippen molar-refractivity contribution in [1.82, 2.24) is 14.3 Å². The van der Waals surface area contributed by atoms with Crippen LogP contribution >= 0.6 is 0 Å². The van der Waals surface area contributed by atoms with Crippen LogP contribution in [0.15, 0.2) is 17.6 Å². The lowest BCUT2D eigenvalue weighted by molar-refractivity contribution is -0.138. The van der Waals surface area contributed by atoms with Gasteiger partial charge < -0.3 is 9.67 Å². The number of sulfonamides is 1. The Morgan fingerprint density at radius 2 is 2.15 bits per heavy atom. The second-order valence-electron chi connectivity index (χ2n) is 5.32. The summed E-state index contributed by atoms with van der Waals surface area (Å²) >= 11 is 0. The number of aliphatic carboxylic acids is 1. The molecule has 1 heterocycles. The molecule has 0 aliphatic carbocycles. The molecule has 114 valence electrons. The normalized spacial score (nSPS) is 13.6. The van der Waals surface area contributed by atoms with E-state index < -0.39 is 16.0 Å². The van der Waals surface area contributed by atoms with Gasteiger partial charge in [-0.2, -0.15) is 0 Å². The molecule has 0 saturated carbocycles. The van der Waals surface area contributed by atoms with Crippen molar-refractivity contribution in [2.45, 2.75) is 31.7 Å². The predicted octanol–water partition coefficient (Wildman–Crippen LogP) is 0.835. The molecule has 0 fully saturated rings. The lowest BCUT2D eigenvalue weighted by atomic mass is 9.94. The summed E-state index contributed by atoms with van der Waals surface area (Å²) in [7, 11) is -2.00. The summed E-state index contributed by atoms with van der Waals surface area (Å²) in [4.78, 5) is 14.6. The van der Waals surface area contributed by atoms with E-state index in [2.05, 4.69) is 9.71 Å². The third-order valence-corrected chi connectivity index (χ3v) is 4.09. The van der Waals surface area contributed by atoms with Gasteiger partial charge in [-0.1, -0.05) is 13.8 Å². The molecular weight excluding hydrogens is 282 g/mol. The molecule has 0 aromatic carbocycles. The van der Waals surface area contributed by atoms with Gasteiger partial charge in [-0.25, -0.2) is 18.1 Å². The van der Waals surface area contributed by atoms with Gasteiger partial charge >= 0.3 is 5.97 Å². The molecule has 1 aromatic rings. The number of aromatic nitrogens is 2. The highest BCUT2D eigenvalue weighted by Gasteiger charge is 2.21. The van der Waals surface area contributed by atoms with Gasteiger partial charge in [0.15, 0.2) is 5.03 Å². The van der Waals surface area contributed by atoms with E-state index in [1.165, 1.54) is 17.1 Å². The minimum absolute atomic E-state index is 0.0527. The smallest absolute Gasteiger partial charge is 0.303 e. The number of carbonyl (C=O) groups is 1. The quantitative estimate of drug-likeness (QED) is 0.741. The van der Waals surface area contributed by atoms with E-state index in [1.54, 1.807) is 7.05 Å². The van der Waals surface area contributed by atoms with Crippen molar-refractivity contribution < 1.29 is 18.3 Å². The summed E-state index contributed by atoms with van der Waals surface area (Å²) in [5.41, 5.74) is 0. The molecule has 1 atom stereocenters. The highest BCUT2D eigenvalue weighted by Crippen LogP contribution is 2.16. The maximum Gasteiger partial charge on any atom is 0.303 e. The summed E-state index contributed by atoms with van der Waals surface area (Å²) in [6, 6.07) is 0. The highest BCUT2D eigenvalue weighted by molar-refractivity contribution is 7.89. The summed E-state index contributed by atoms with van der Waals surface area (Å²) < 4.78 is 27.9. The molecule has 1 unspecified atom stereocenters. The molecule has 20 heavy (non-hydrogen) atoms. The van der Waals surface area contributed by atoms with Crippen LogP contribution < -0.4 is 4.72 Å². The molecule has 0 amide bonds. The molecule has 0 aliphatic heterocycles. The zero-order valence-electron chi connectivity index (χ0n) is 11.9. The monoisotopic (exact) mass is 303 g/mol. The second-order valence-corrected chi connectivity index (χ2v) is 7.04. The Hall–Kier alpha value is -1.41. The summed E-state index contributed by atoms with van der Waals surface area (Å²) in [5, 5.41) is 8.80. The summed E-state index contributed by atoms with van der Waals surface area (Å²) in [6.45, 7) is 4.05. The first-order valence-electron chi connectivity index (χ1n) is 6.40. The molecule has 2 N–H and O–H groups in total. The zero-order valence-corrected chi connectivity index (χ0v) is 12.7. The lowest BCUT2D eigenvalue weighted by Gasteiger charge is -2.17. The average Bonchev–Trinajstić information content (AvgIpc) is 2.72. The van der Waals surface area contributed by atoms with Crippen molar-refractivity contribution in [3.05, 3.63) is 12.5 Å². The number of hydrogen-bond acceptors (Lipinski definition) is 4. The minimum Gasteiger partial charge on any atom is -0.481 e. The Morgan fingerprint density at radius 3 is 2.60 bits per heavy atom. The number of nitrogens with zero attached hydrogens (tertiary/aromatic N) is 2. The molecule has 7 nitrogen and oxygen atoms in total. The first-order chi connectivity index (χ1) is 9.20. The van der Waals surface area contributed by atoms with Crippen LogP contribution in [0.25, 0.3) is 0 Å². The number of carboxylic acid groups (broad SMARTS) is 1. The molecule has 0 bridgehead atoms. The second kappa shape index (κ2) is 6.85. The number of carboxylic acids is 1. The molecule has 8 heteroatoms. The van der Waals surface area contributed by atoms with E-state index in [0.29, 0.717) is 12.3 Å². The van der Waals surface area contributed by atoms with Crippen LogP contribution in [0.5, 0.6) is 0 Å². The Kier molecular flexibility index (Phi) is 5.70. The maximum atomic E-state index is 12.0. The Balaban J connectivity index is 2.68. The Morgan fingerprint density at radius 1 is 1.50 bits per heavy atom. The van der Waals surface area contributed by atoms with Crippen LogP contribution in [0.3, 0.4) is 0 Å². The fourth-order valence-corrected chi connectivity index (χ4v) is 3.08. The molecule has 1 rings (SSSR count). The van der Waals surface area contributed by atoms with Crippen molar-refractivity contribution in [3.63, 3.8) is 0 Å². The molecule has 0 saturated heterocycles. The van der Waals surface area contributed by atoms with E-state index in [4.69, 9.17) is 5.11 Å². The van der Waals surface area contributed by atoms with Crippen LogP contribution in [-0.2, 0) is 21.9 Å². The lowest BCUT2D eigenvalue weighted by Crippen LogP contribution is -2.31. The Bertz CT molecular complexity index is 551. The number of nitrogens with one attached hydrogen (secondary N) is 1. The van der Waals surface area contributed by atoms with Gasteiger partial charge in [0.1, 0.15) is 0 Å². The van der Waals surface area contributed by atoms with E-state index in [-0.39, 0.29) is 23.9 Å². The van der Waals surface area contributed by atoms with Gasteiger partial charge in [0.05, 0.1) is 6.33 Å². The Labute approximate surface area is 119 Å². The van der Waals surface area contributed by atoms with Crippen molar-refractivity contribution >= 4 is 16.0 Å². The van der Waals surface area contributed by atoms with Gasteiger partial charge in [-0.15, -0.1) is 0 Å². The summed E-state index contributed by atoms with van der Waals surface area (Å²) in [5.74, 6) is -0.850. The molecule has 1 aromatic heterocycles. The minimum atomic E-state index is -3.68. The fourth-order valence-electron chi connectivity index (χ4n) is 1.98. The van der Waals surface area contributed by atoms with Crippen LogP contribution in [0.1, 0.15) is 26.7 Å². The number of imidazole rings is 1. The van der Waals surface area contributed by atoms with Crippen molar-refractivity contribution in [1.29, 1.82) is 0 Å². The molecule has 0 aliphatic rings. The molecular formula is C12H21N3O4S. The number of rotatable bonds is 8. The van der Waals surface area contributed by atoms with Gasteiger partial charge in [-0.05, 0) is 18.3 Å². The van der Waals surface area contributed by atoms with Gasteiger partial charge in [-0.3, -0.25) is 4.79 Å². The standard InChI is InChI=1S/C12H21N3O4S/c1-9(2)4-10(5-12(16)17)6-14-20(18,19)11-7-15(3)8-13-11/h7-10,14H,4-6H2,1-3H3,(H,16,17). The van der Waals surface area contributed by atoms with Crippen LogP contribution in [0.2, 0.25) is 0 Å². The van der Waals surface area contributed by atoms with Gasteiger partial charge in [0, 0.05) is 26.2 Å². The zero-order chi connectivity index (χ0) is 15.3. The largest absolute Gasteiger partial charge is 0.481 e. The predicted molar refractivity (Wildman–Crippen MR) is 73.6 cm³/mol. The topological polar surface area (TPSA) is 101 Å². The van der Waals surface area contributed by atoms with Gasteiger partial charge in [0.2, 0.25) is 0 Å².